The molecule has 1 N–H and O–H groups in total. The zero-order valence-electron chi connectivity index (χ0n) is 8.41. The number of hydrogen-bond acceptors (Lipinski definition) is 2. The summed E-state index contributed by atoms with van der Waals surface area (Å²) in [7, 11) is 0. The lowest BCUT2D eigenvalue weighted by Gasteiger charge is -2.07. The summed E-state index contributed by atoms with van der Waals surface area (Å²) >= 11 is 5.93. The van der Waals surface area contributed by atoms with Gasteiger partial charge in [0.25, 0.3) is 0 Å². The highest BCUT2D eigenvalue weighted by atomic mass is 35.5. The van der Waals surface area contributed by atoms with E-state index in [1.165, 1.54) is 0 Å². The molecule has 1 atom stereocenters. The second-order valence-corrected chi connectivity index (χ2v) is 3.78. The van der Waals surface area contributed by atoms with Crippen LogP contribution in [-0.2, 0) is 11.3 Å². The van der Waals surface area contributed by atoms with Crippen molar-refractivity contribution in [2.24, 2.45) is 5.92 Å². The van der Waals surface area contributed by atoms with Crippen LogP contribution in [0, 0.1) is 19.8 Å². The molecular weight excluding hydrogens is 204 g/mol. The average Bonchev–Trinajstić information content (AvgIpc) is 2.33. The van der Waals surface area contributed by atoms with Crippen molar-refractivity contribution in [2.45, 2.75) is 27.3 Å². The van der Waals surface area contributed by atoms with Gasteiger partial charge in [-0.3, -0.25) is 9.48 Å². The van der Waals surface area contributed by atoms with E-state index in [9.17, 15) is 4.79 Å². The van der Waals surface area contributed by atoms with E-state index in [-0.39, 0.29) is 0 Å². The van der Waals surface area contributed by atoms with Crippen LogP contribution in [0.15, 0.2) is 0 Å². The normalized spacial score (nSPS) is 12.9. The molecule has 78 valence electrons. The van der Waals surface area contributed by atoms with Crippen molar-refractivity contribution in [1.82, 2.24) is 9.78 Å². The molecule has 14 heavy (non-hydrogen) atoms. The lowest BCUT2D eigenvalue weighted by Crippen LogP contribution is -2.18. The number of halogens is 1. The summed E-state index contributed by atoms with van der Waals surface area (Å²) in [5, 5.41) is 13.5. The van der Waals surface area contributed by atoms with Crippen LogP contribution in [0.2, 0.25) is 5.02 Å². The number of aromatic nitrogens is 2. The SMILES string of the molecule is Cc1nn(C[C@@H](C)C(=O)O)c(C)c1Cl. The van der Waals surface area contributed by atoms with Gasteiger partial charge in [0, 0.05) is 0 Å². The largest absolute Gasteiger partial charge is 0.481 e. The van der Waals surface area contributed by atoms with Crippen LogP contribution in [0.3, 0.4) is 0 Å². The number of carboxylic acid groups (broad SMARTS) is 1. The number of carbonyl (C=O) groups is 1. The van der Waals surface area contributed by atoms with Gasteiger partial charge in [-0.25, -0.2) is 0 Å². The molecule has 0 fully saturated rings. The fraction of sp³-hybridized carbons (Fsp3) is 0.556. The van der Waals surface area contributed by atoms with Crippen LogP contribution < -0.4 is 0 Å². The van der Waals surface area contributed by atoms with E-state index in [0.717, 1.165) is 11.4 Å². The lowest BCUT2D eigenvalue weighted by atomic mass is 10.2. The van der Waals surface area contributed by atoms with Crippen molar-refractivity contribution in [3.8, 4) is 0 Å². The van der Waals surface area contributed by atoms with Gasteiger partial charge < -0.3 is 5.11 Å². The molecule has 0 aromatic carbocycles. The molecule has 5 heteroatoms. The van der Waals surface area contributed by atoms with Crippen LogP contribution >= 0.6 is 11.6 Å². The number of aryl methyl sites for hydroxylation is 1. The summed E-state index contributed by atoms with van der Waals surface area (Å²) in [5.41, 5.74) is 1.55. The van der Waals surface area contributed by atoms with Gasteiger partial charge in [0.05, 0.1) is 28.9 Å². The number of rotatable bonds is 3. The molecule has 1 heterocycles. The van der Waals surface area contributed by atoms with Crippen molar-refractivity contribution in [3.05, 3.63) is 16.4 Å². The highest BCUT2D eigenvalue weighted by Crippen LogP contribution is 2.19. The number of carboxylic acids is 1. The lowest BCUT2D eigenvalue weighted by molar-refractivity contribution is -0.141. The molecule has 0 bridgehead atoms. The van der Waals surface area contributed by atoms with E-state index in [1.807, 2.05) is 6.92 Å². The first kappa shape index (κ1) is 11.0. The molecule has 0 unspecified atom stereocenters. The Kier molecular flexibility index (Phi) is 3.16. The smallest absolute Gasteiger partial charge is 0.308 e. The topological polar surface area (TPSA) is 55.1 Å². The summed E-state index contributed by atoms with van der Waals surface area (Å²) < 4.78 is 1.64. The molecule has 0 saturated carbocycles. The predicted octanol–water partition coefficient (Wildman–Crippen LogP) is 1.87. The van der Waals surface area contributed by atoms with Crippen LogP contribution in [0.4, 0.5) is 0 Å². The monoisotopic (exact) mass is 216 g/mol. The van der Waals surface area contributed by atoms with E-state index in [4.69, 9.17) is 16.7 Å². The van der Waals surface area contributed by atoms with Gasteiger partial charge in [-0.05, 0) is 13.8 Å². The van der Waals surface area contributed by atoms with E-state index >= 15 is 0 Å². The maximum absolute atomic E-state index is 10.6. The minimum Gasteiger partial charge on any atom is -0.481 e. The molecule has 4 nitrogen and oxygen atoms in total. The maximum atomic E-state index is 10.6. The molecule has 1 aromatic heterocycles. The van der Waals surface area contributed by atoms with E-state index in [0.29, 0.717) is 11.6 Å². The molecular formula is C9H13ClN2O2. The maximum Gasteiger partial charge on any atom is 0.308 e. The van der Waals surface area contributed by atoms with Crippen LogP contribution in [-0.4, -0.2) is 20.9 Å². The second kappa shape index (κ2) is 4.00. The molecule has 0 aliphatic heterocycles. The van der Waals surface area contributed by atoms with Crippen LogP contribution in [0.1, 0.15) is 18.3 Å². The summed E-state index contributed by atoms with van der Waals surface area (Å²) in [6.45, 7) is 5.63. The zero-order chi connectivity index (χ0) is 10.9. The highest BCUT2D eigenvalue weighted by Gasteiger charge is 2.15. The van der Waals surface area contributed by atoms with Crippen molar-refractivity contribution < 1.29 is 9.90 Å². The first-order chi connectivity index (χ1) is 6.43. The van der Waals surface area contributed by atoms with Gasteiger partial charge in [0.1, 0.15) is 0 Å². The van der Waals surface area contributed by atoms with Crippen molar-refractivity contribution in [2.75, 3.05) is 0 Å². The summed E-state index contributed by atoms with van der Waals surface area (Å²) in [6.07, 6.45) is 0. The van der Waals surface area contributed by atoms with Gasteiger partial charge in [-0.15, -0.1) is 0 Å². The van der Waals surface area contributed by atoms with Gasteiger partial charge >= 0.3 is 5.97 Å². The molecule has 0 radical (unpaired) electrons. The Balaban J connectivity index is 2.87. The Morgan fingerprint density at radius 2 is 2.21 bits per heavy atom. The Hall–Kier alpha value is -1.03. The molecule has 0 spiro atoms. The summed E-state index contributed by atoms with van der Waals surface area (Å²) in [4.78, 5) is 10.6. The van der Waals surface area contributed by atoms with Crippen molar-refractivity contribution in [1.29, 1.82) is 0 Å². The van der Waals surface area contributed by atoms with Crippen molar-refractivity contribution >= 4 is 17.6 Å². The molecule has 1 aromatic rings. The summed E-state index contributed by atoms with van der Waals surface area (Å²) in [6, 6.07) is 0. The molecule has 1 rings (SSSR count). The fourth-order valence-corrected chi connectivity index (χ4v) is 1.33. The second-order valence-electron chi connectivity index (χ2n) is 3.41. The predicted molar refractivity (Wildman–Crippen MR) is 53.5 cm³/mol. The quantitative estimate of drug-likeness (QED) is 0.839. The third kappa shape index (κ3) is 2.07. The van der Waals surface area contributed by atoms with Crippen molar-refractivity contribution in [3.63, 3.8) is 0 Å². The zero-order valence-corrected chi connectivity index (χ0v) is 9.17. The van der Waals surface area contributed by atoms with Crippen LogP contribution in [0.25, 0.3) is 0 Å². The number of aliphatic carboxylic acids is 1. The molecule has 0 aliphatic carbocycles. The fourth-order valence-electron chi connectivity index (χ4n) is 1.19. The minimum atomic E-state index is -0.825. The molecule has 0 amide bonds. The van der Waals surface area contributed by atoms with Gasteiger partial charge in [0.15, 0.2) is 0 Å². The number of nitrogens with zero attached hydrogens (tertiary/aromatic N) is 2. The molecule has 0 aliphatic rings. The van der Waals surface area contributed by atoms with Gasteiger partial charge in [-0.1, -0.05) is 18.5 Å². The number of hydrogen-bond donors (Lipinski definition) is 1. The van der Waals surface area contributed by atoms with Crippen LogP contribution in [0.5, 0.6) is 0 Å². The van der Waals surface area contributed by atoms with E-state index in [2.05, 4.69) is 5.10 Å². The van der Waals surface area contributed by atoms with Gasteiger partial charge in [-0.2, -0.15) is 5.10 Å². The highest BCUT2D eigenvalue weighted by molar-refractivity contribution is 6.31. The first-order valence-electron chi connectivity index (χ1n) is 4.35. The third-order valence-electron chi connectivity index (χ3n) is 2.16. The Bertz CT molecular complexity index is 360. The molecule has 0 saturated heterocycles. The Morgan fingerprint density at radius 1 is 1.64 bits per heavy atom. The average molecular weight is 217 g/mol. The van der Waals surface area contributed by atoms with E-state index < -0.39 is 11.9 Å². The standard InChI is InChI=1S/C9H13ClN2O2/c1-5(9(13)14)4-12-7(3)8(10)6(2)11-12/h5H,4H2,1-3H3,(H,13,14)/t5-/m1/s1. The third-order valence-corrected chi connectivity index (χ3v) is 2.71. The summed E-state index contributed by atoms with van der Waals surface area (Å²) in [5.74, 6) is -1.28. The van der Waals surface area contributed by atoms with E-state index in [1.54, 1.807) is 18.5 Å². The Morgan fingerprint density at radius 3 is 2.57 bits per heavy atom. The first-order valence-corrected chi connectivity index (χ1v) is 4.73. The Labute approximate surface area is 87.5 Å². The minimum absolute atomic E-state index is 0.356. The van der Waals surface area contributed by atoms with Gasteiger partial charge in [0.2, 0.25) is 0 Å².